The van der Waals surface area contributed by atoms with Crippen LogP contribution in [0.25, 0.3) is 10.9 Å². The molecule has 0 saturated carbocycles. The molecule has 24 heavy (non-hydrogen) atoms. The zero-order valence-corrected chi connectivity index (χ0v) is 13.1. The molecule has 0 aliphatic rings. The average molecular weight is 358 g/mol. The quantitative estimate of drug-likeness (QED) is 0.475. The first-order valence-corrected chi connectivity index (χ1v) is 7.74. The number of alkyl halides is 3. The first-order chi connectivity index (χ1) is 11.0. The number of nitriles is 1. The number of ketones is 1. The molecule has 126 valence electrons. The number of rotatable bonds is 3. The van der Waals surface area contributed by atoms with Crippen molar-refractivity contribution in [2.45, 2.75) is 19.4 Å². The maximum atomic E-state index is 12.5. The summed E-state index contributed by atoms with van der Waals surface area (Å²) in [7, 11) is -5.97. The van der Waals surface area contributed by atoms with E-state index in [4.69, 9.17) is 5.26 Å². The molecular formula is C14H9F3N2O4S. The predicted octanol–water partition coefficient (Wildman–Crippen LogP) is 2.85. The summed E-state index contributed by atoms with van der Waals surface area (Å²) in [5, 5.41) is 9.07. The van der Waals surface area contributed by atoms with E-state index in [2.05, 4.69) is 9.17 Å². The smallest absolute Gasteiger partial charge is 0.373 e. The predicted molar refractivity (Wildman–Crippen MR) is 76.8 cm³/mol. The highest BCUT2D eigenvalue weighted by atomic mass is 32.2. The minimum Gasteiger partial charge on any atom is -0.373 e. The van der Waals surface area contributed by atoms with E-state index in [-0.39, 0.29) is 16.5 Å². The largest absolute Gasteiger partial charge is 0.534 e. The molecule has 2 aromatic rings. The maximum Gasteiger partial charge on any atom is 0.534 e. The number of carbonyl (C=O) groups excluding carboxylic acids is 1. The van der Waals surface area contributed by atoms with Gasteiger partial charge in [-0.25, -0.2) is 4.98 Å². The zero-order chi connectivity index (χ0) is 18.3. The van der Waals surface area contributed by atoms with E-state index < -0.39 is 32.9 Å². The molecule has 10 heteroatoms. The van der Waals surface area contributed by atoms with Gasteiger partial charge in [0.05, 0.1) is 5.52 Å². The molecule has 0 aliphatic heterocycles. The lowest BCUT2D eigenvalue weighted by atomic mass is 10.0. The zero-order valence-electron chi connectivity index (χ0n) is 12.3. The minimum atomic E-state index is -5.97. The van der Waals surface area contributed by atoms with Crippen LogP contribution in [0.15, 0.2) is 18.2 Å². The van der Waals surface area contributed by atoms with Crippen molar-refractivity contribution in [1.82, 2.24) is 4.98 Å². The monoisotopic (exact) mass is 358 g/mol. The van der Waals surface area contributed by atoms with Gasteiger partial charge in [0.1, 0.15) is 6.07 Å². The molecule has 0 atom stereocenters. The third kappa shape index (κ3) is 3.16. The van der Waals surface area contributed by atoms with Crippen molar-refractivity contribution in [3.8, 4) is 11.8 Å². The van der Waals surface area contributed by atoms with Crippen LogP contribution in [0.5, 0.6) is 5.75 Å². The molecule has 0 fully saturated rings. The molecule has 0 amide bonds. The number of pyridine rings is 1. The molecular weight excluding hydrogens is 349 g/mol. The van der Waals surface area contributed by atoms with Gasteiger partial charge in [-0.15, -0.1) is 0 Å². The number of halogens is 3. The molecule has 0 bridgehead atoms. The van der Waals surface area contributed by atoms with E-state index in [1.54, 1.807) is 6.92 Å². The Morgan fingerprint density at radius 1 is 1.29 bits per heavy atom. The maximum absolute atomic E-state index is 12.5. The van der Waals surface area contributed by atoms with Crippen LogP contribution in [0.3, 0.4) is 0 Å². The van der Waals surface area contributed by atoms with E-state index in [1.165, 1.54) is 25.1 Å². The number of hydrogen-bond acceptors (Lipinski definition) is 6. The van der Waals surface area contributed by atoms with Gasteiger partial charge in [0.15, 0.2) is 17.2 Å². The topological polar surface area (TPSA) is 97.1 Å². The van der Waals surface area contributed by atoms with Crippen molar-refractivity contribution in [2.24, 2.45) is 0 Å². The molecule has 0 unspecified atom stereocenters. The molecule has 0 N–H and O–H groups in total. The summed E-state index contributed by atoms with van der Waals surface area (Å²) in [6.45, 7) is 2.90. The van der Waals surface area contributed by atoms with Gasteiger partial charge in [0.2, 0.25) is 0 Å². The average Bonchev–Trinajstić information content (AvgIpc) is 2.44. The number of aromatic nitrogens is 1. The van der Waals surface area contributed by atoms with Crippen LogP contribution in [0, 0.1) is 18.3 Å². The summed E-state index contributed by atoms with van der Waals surface area (Å²) in [5.74, 6) is -1.30. The number of Topliss-reactive ketones (excluding diaryl/α,β-unsaturated/α-hetero) is 1. The van der Waals surface area contributed by atoms with Crippen LogP contribution >= 0.6 is 0 Å². The molecule has 0 radical (unpaired) electrons. The Hall–Kier alpha value is -2.67. The first kappa shape index (κ1) is 17.7. The fourth-order valence-corrected chi connectivity index (χ4v) is 2.46. The van der Waals surface area contributed by atoms with E-state index in [0.29, 0.717) is 5.56 Å². The summed E-state index contributed by atoms with van der Waals surface area (Å²) >= 11 is 0. The highest BCUT2D eigenvalue weighted by Crippen LogP contribution is 2.31. The van der Waals surface area contributed by atoms with E-state index in [9.17, 15) is 26.4 Å². The standard InChI is InChI=1S/C14H9F3N2O4S/c1-7-3-9(8(2)20)10-5-13(12(6-18)19-11(10)4-7)23-24(21,22)14(15,16)17/h3-5H,1-2H3. The van der Waals surface area contributed by atoms with Gasteiger partial charge in [0.25, 0.3) is 0 Å². The van der Waals surface area contributed by atoms with Crippen LogP contribution in [0.4, 0.5) is 13.2 Å². The number of hydrogen-bond donors (Lipinski definition) is 0. The lowest BCUT2D eigenvalue weighted by Gasteiger charge is -2.12. The second kappa shape index (κ2) is 5.76. The second-order valence-electron chi connectivity index (χ2n) is 4.87. The number of aryl methyl sites for hydroxylation is 1. The van der Waals surface area contributed by atoms with Gasteiger partial charge >= 0.3 is 15.6 Å². The van der Waals surface area contributed by atoms with Crippen LogP contribution < -0.4 is 4.18 Å². The summed E-state index contributed by atoms with van der Waals surface area (Å²) in [4.78, 5) is 15.5. The summed E-state index contributed by atoms with van der Waals surface area (Å²) < 4.78 is 63.7. The van der Waals surface area contributed by atoms with Crippen LogP contribution in [0.1, 0.15) is 28.5 Å². The number of fused-ring (bicyclic) bond motifs is 1. The van der Waals surface area contributed by atoms with Gasteiger partial charge in [-0.3, -0.25) is 4.79 Å². The van der Waals surface area contributed by atoms with Crippen LogP contribution in [-0.2, 0) is 10.1 Å². The fourth-order valence-electron chi connectivity index (χ4n) is 2.00. The van der Waals surface area contributed by atoms with E-state index in [1.807, 2.05) is 0 Å². The Labute approximate surface area is 134 Å². The summed E-state index contributed by atoms with van der Waals surface area (Å²) in [6, 6.07) is 5.34. The lowest BCUT2D eigenvalue weighted by Crippen LogP contribution is -2.28. The Kier molecular flexibility index (Phi) is 4.24. The van der Waals surface area contributed by atoms with Gasteiger partial charge < -0.3 is 4.18 Å². The highest BCUT2D eigenvalue weighted by Gasteiger charge is 2.49. The van der Waals surface area contributed by atoms with Crippen molar-refractivity contribution in [3.63, 3.8) is 0 Å². The molecule has 1 aromatic carbocycles. The highest BCUT2D eigenvalue weighted by molar-refractivity contribution is 7.88. The van der Waals surface area contributed by atoms with E-state index >= 15 is 0 Å². The summed E-state index contributed by atoms with van der Waals surface area (Å²) in [6.07, 6.45) is 0. The van der Waals surface area contributed by atoms with Crippen molar-refractivity contribution >= 4 is 26.8 Å². The van der Waals surface area contributed by atoms with Crippen molar-refractivity contribution in [1.29, 1.82) is 5.26 Å². The molecule has 6 nitrogen and oxygen atoms in total. The lowest BCUT2D eigenvalue weighted by molar-refractivity contribution is -0.0500. The Bertz CT molecular complexity index is 992. The van der Waals surface area contributed by atoms with Crippen molar-refractivity contribution in [3.05, 3.63) is 35.0 Å². The van der Waals surface area contributed by atoms with Crippen molar-refractivity contribution < 1.29 is 30.6 Å². The van der Waals surface area contributed by atoms with Gasteiger partial charge in [-0.05, 0) is 37.6 Å². The number of nitrogens with zero attached hydrogens (tertiary/aromatic N) is 2. The third-order valence-corrected chi connectivity index (χ3v) is 3.98. The molecule has 0 spiro atoms. The van der Waals surface area contributed by atoms with E-state index in [0.717, 1.165) is 6.07 Å². The Morgan fingerprint density at radius 3 is 2.42 bits per heavy atom. The summed E-state index contributed by atoms with van der Waals surface area (Å²) in [5.41, 5.74) is -5.38. The second-order valence-corrected chi connectivity index (χ2v) is 6.40. The van der Waals surface area contributed by atoms with Crippen LogP contribution in [0.2, 0.25) is 0 Å². The first-order valence-electron chi connectivity index (χ1n) is 6.33. The third-order valence-electron chi connectivity index (χ3n) is 3.01. The molecule has 1 aromatic heterocycles. The molecule has 0 saturated heterocycles. The Morgan fingerprint density at radius 2 is 1.92 bits per heavy atom. The Balaban J connectivity index is 2.76. The number of benzene rings is 1. The number of carbonyl (C=O) groups is 1. The fraction of sp³-hybridized carbons (Fsp3) is 0.214. The van der Waals surface area contributed by atoms with Crippen molar-refractivity contribution in [2.75, 3.05) is 0 Å². The SMILES string of the molecule is CC(=O)c1cc(C)cc2nc(C#N)c(OS(=O)(=O)C(F)(F)F)cc12. The molecule has 1 heterocycles. The molecule has 0 aliphatic carbocycles. The van der Waals surface area contributed by atoms with Gasteiger partial charge in [-0.2, -0.15) is 26.9 Å². The minimum absolute atomic E-state index is 0.0828. The van der Waals surface area contributed by atoms with Gasteiger partial charge in [-0.1, -0.05) is 0 Å². The normalized spacial score (nSPS) is 12.0. The van der Waals surface area contributed by atoms with Crippen LogP contribution in [-0.4, -0.2) is 24.7 Å². The molecule has 2 rings (SSSR count). The van der Waals surface area contributed by atoms with Gasteiger partial charge in [0, 0.05) is 10.9 Å².